The van der Waals surface area contributed by atoms with Crippen molar-refractivity contribution in [2.24, 2.45) is 10.8 Å². The average molecular weight is 310 g/mol. The Morgan fingerprint density at radius 2 is 1.78 bits per heavy atom. The molecule has 3 rings (SSSR count). The Balaban J connectivity index is 2.11. The van der Waals surface area contributed by atoms with E-state index in [0.717, 1.165) is 12.0 Å². The molecule has 0 heterocycles. The second kappa shape index (κ2) is 4.83. The lowest BCUT2D eigenvalue weighted by Crippen LogP contribution is -2.35. The molecule has 1 aromatic carbocycles. The summed E-state index contributed by atoms with van der Waals surface area (Å²) in [4.78, 5) is 0. The summed E-state index contributed by atoms with van der Waals surface area (Å²) in [6.45, 7) is 15.6. The number of benzene rings is 1. The first kappa shape index (κ1) is 16.5. The highest BCUT2D eigenvalue weighted by molar-refractivity contribution is 5.86. The maximum absolute atomic E-state index is 11.4. The molecule has 0 aromatic heterocycles. The van der Waals surface area contributed by atoms with Crippen LogP contribution in [0.3, 0.4) is 0 Å². The molecule has 0 saturated carbocycles. The minimum absolute atomic E-state index is 0.0682. The lowest BCUT2D eigenvalue weighted by atomic mass is 9.61. The molecule has 1 aromatic rings. The van der Waals surface area contributed by atoms with Gasteiger partial charge in [0.1, 0.15) is 5.60 Å². The molecule has 0 saturated heterocycles. The van der Waals surface area contributed by atoms with E-state index in [9.17, 15) is 5.11 Å². The Morgan fingerprint density at radius 1 is 1.13 bits per heavy atom. The normalized spacial score (nSPS) is 30.0. The van der Waals surface area contributed by atoms with Crippen LogP contribution < -0.4 is 0 Å². The fraction of sp³-hybridized carbons (Fsp3) is 0.545. The summed E-state index contributed by atoms with van der Waals surface area (Å²) in [7, 11) is 0. The van der Waals surface area contributed by atoms with E-state index in [1.165, 1.54) is 22.3 Å². The van der Waals surface area contributed by atoms with Crippen LogP contribution >= 0.6 is 0 Å². The standard InChI is InChI=1S/C22H30O/c1-14(2)15-8-9-16-17-10-11-21(6,20(3,4)5)13-19(17)22(7,23)18(16)12-15/h8-12,14,23H,13H2,1-7H3/t21?,22-/m1/s1. The molecule has 23 heavy (non-hydrogen) atoms. The number of fused-ring (bicyclic) bond motifs is 2. The zero-order chi connectivity index (χ0) is 17.2. The summed E-state index contributed by atoms with van der Waals surface area (Å²) in [6, 6.07) is 6.62. The van der Waals surface area contributed by atoms with Crippen molar-refractivity contribution in [1.29, 1.82) is 0 Å². The third-order valence-electron chi connectivity index (χ3n) is 6.31. The summed E-state index contributed by atoms with van der Waals surface area (Å²) in [5.74, 6) is 0.476. The molecule has 1 unspecified atom stereocenters. The lowest BCUT2D eigenvalue weighted by molar-refractivity contribution is 0.0786. The fourth-order valence-corrected chi connectivity index (χ4v) is 3.81. The first-order valence-electron chi connectivity index (χ1n) is 8.77. The maximum atomic E-state index is 11.4. The van der Waals surface area contributed by atoms with Crippen LogP contribution in [-0.2, 0) is 5.60 Å². The summed E-state index contributed by atoms with van der Waals surface area (Å²) >= 11 is 0. The SMILES string of the molecule is CC(C)c1ccc2c(c1)[C@@](C)(O)C1=C2C=CC(C)(C(C)(C)C)C1. The monoisotopic (exact) mass is 310 g/mol. The molecule has 0 amide bonds. The maximum Gasteiger partial charge on any atom is 0.109 e. The number of rotatable bonds is 1. The predicted octanol–water partition coefficient (Wildman–Crippen LogP) is 5.80. The van der Waals surface area contributed by atoms with Gasteiger partial charge in [-0.25, -0.2) is 0 Å². The van der Waals surface area contributed by atoms with Crippen molar-refractivity contribution in [3.63, 3.8) is 0 Å². The summed E-state index contributed by atoms with van der Waals surface area (Å²) in [5, 5.41) is 11.4. The summed E-state index contributed by atoms with van der Waals surface area (Å²) < 4.78 is 0. The van der Waals surface area contributed by atoms with Gasteiger partial charge in [-0.2, -0.15) is 0 Å². The smallest absolute Gasteiger partial charge is 0.109 e. The van der Waals surface area contributed by atoms with Crippen molar-refractivity contribution in [2.45, 2.75) is 66.4 Å². The van der Waals surface area contributed by atoms with Crippen LogP contribution in [0.25, 0.3) is 5.57 Å². The first-order chi connectivity index (χ1) is 10.5. The molecule has 1 heteroatoms. The van der Waals surface area contributed by atoms with Gasteiger partial charge in [-0.15, -0.1) is 0 Å². The highest BCUT2D eigenvalue weighted by Crippen LogP contribution is 2.56. The summed E-state index contributed by atoms with van der Waals surface area (Å²) in [5.41, 5.74) is 5.39. The van der Waals surface area contributed by atoms with Crippen LogP contribution in [0.2, 0.25) is 0 Å². The average Bonchev–Trinajstić information content (AvgIpc) is 2.66. The van der Waals surface area contributed by atoms with E-state index in [4.69, 9.17) is 0 Å². The zero-order valence-electron chi connectivity index (χ0n) is 15.6. The van der Waals surface area contributed by atoms with Gasteiger partial charge < -0.3 is 5.11 Å². The Hall–Kier alpha value is -1.34. The fourth-order valence-electron chi connectivity index (χ4n) is 3.81. The molecule has 0 spiro atoms. The molecular weight excluding hydrogens is 280 g/mol. The number of aliphatic hydroxyl groups is 1. The molecule has 2 aliphatic carbocycles. The van der Waals surface area contributed by atoms with Crippen molar-refractivity contribution < 1.29 is 5.11 Å². The largest absolute Gasteiger partial charge is 0.381 e. The van der Waals surface area contributed by atoms with Crippen molar-refractivity contribution >= 4 is 5.57 Å². The predicted molar refractivity (Wildman–Crippen MR) is 98.3 cm³/mol. The second-order valence-corrected chi connectivity index (χ2v) is 9.10. The van der Waals surface area contributed by atoms with Gasteiger partial charge in [0.15, 0.2) is 0 Å². The van der Waals surface area contributed by atoms with Crippen molar-refractivity contribution in [2.75, 3.05) is 0 Å². The molecule has 0 radical (unpaired) electrons. The first-order valence-corrected chi connectivity index (χ1v) is 8.77. The van der Waals surface area contributed by atoms with Crippen LogP contribution in [0.1, 0.15) is 77.5 Å². The molecule has 124 valence electrons. The van der Waals surface area contributed by atoms with Crippen molar-refractivity contribution in [3.8, 4) is 0 Å². The van der Waals surface area contributed by atoms with Gasteiger partial charge in [-0.05, 0) is 57.9 Å². The lowest BCUT2D eigenvalue weighted by Gasteiger charge is -2.43. The van der Waals surface area contributed by atoms with Crippen LogP contribution in [0.15, 0.2) is 35.9 Å². The number of allylic oxidation sites excluding steroid dienone is 3. The van der Waals surface area contributed by atoms with Crippen LogP contribution in [0.5, 0.6) is 0 Å². The van der Waals surface area contributed by atoms with Gasteiger partial charge in [0.25, 0.3) is 0 Å². The van der Waals surface area contributed by atoms with E-state index in [2.05, 4.69) is 71.9 Å². The van der Waals surface area contributed by atoms with E-state index in [0.29, 0.717) is 5.92 Å². The molecule has 0 bridgehead atoms. The highest BCUT2D eigenvalue weighted by Gasteiger charge is 2.46. The van der Waals surface area contributed by atoms with Gasteiger partial charge in [-0.3, -0.25) is 0 Å². The zero-order valence-corrected chi connectivity index (χ0v) is 15.6. The minimum atomic E-state index is -0.854. The quantitative estimate of drug-likeness (QED) is 0.695. The van der Waals surface area contributed by atoms with Crippen LogP contribution in [-0.4, -0.2) is 5.11 Å². The molecule has 1 nitrogen and oxygen atoms in total. The Kier molecular flexibility index (Phi) is 3.47. The van der Waals surface area contributed by atoms with Crippen molar-refractivity contribution in [3.05, 3.63) is 52.6 Å². The van der Waals surface area contributed by atoms with Crippen LogP contribution in [0.4, 0.5) is 0 Å². The van der Waals surface area contributed by atoms with E-state index in [1.54, 1.807) is 0 Å². The molecule has 0 aliphatic heterocycles. The van der Waals surface area contributed by atoms with Gasteiger partial charge >= 0.3 is 0 Å². The Bertz CT molecular complexity index is 710. The topological polar surface area (TPSA) is 20.2 Å². The van der Waals surface area contributed by atoms with E-state index >= 15 is 0 Å². The van der Waals surface area contributed by atoms with Crippen LogP contribution in [0, 0.1) is 10.8 Å². The third kappa shape index (κ3) is 2.32. The van der Waals surface area contributed by atoms with Gasteiger partial charge in [-0.1, -0.05) is 71.9 Å². The number of hydrogen-bond donors (Lipinski definition) is 1. The van der Waals surface area contributed by atoms with Gasteiger partial charge in [0.05, 0.1) is 0 Å². The van der Waals surface area contributed by atoms with Crippen molar-refractivity contribution in [1.82, 2.24) is 0 Å². The van der Waals surface area contributed by atoms with E-state index < -0.39 is 5.60 Å². The Morgan fingerprint density at radius 3 is 2.35 bits per heavy atom. The number of hydrogen-bond acceptors (Lipinski definition) is 1. The molecule has 2 aliphatic rings. The molecule has 0 fully saturated rings. The Labute approximate surface area is 141 Å². The van der Waals surface area contributed by atoms with E-state index in [-0.39, 0.29) is 10.8 Å². The second-order valence-electron chi connectivity index (χ2n) is 9.10. The molecule has 1 N–H and O–H groups in total. The minimum Gasteiger partial charge on any atom is -0.381 e. The van der Waals surface area contributed by atoms with Gasteiger partial charge in [0.2, 0.25) is 0 Å². The molecule has 2 atom stereocenters. The third-order valence-corrected chi connectivity index (χ3v) is 6.31. The molecular formula is C22H30O. The van der Waals surface area contributed by atoms with E-state index in [1.807, 2.05) is 6.92 Å². The highest BCUT2D eigenvalue weighted by atomic mass is 16.3. The summed E-state index contributed by atoms with van der Waals surface area (Å²) in [6.07, 6.45) is 5.52. The van der Waals surface area contributed by atoms with Gasteiger partial charge in [0, 0.05) is 0 Å².